The van der Waals surface area contributed by atoms with Gasteiger partial charge < -0.3 is 10.2 Å². The topological polar surface area (TPSA) is 50.2 Å². The number of nitrogens with zero attached hydrogens (tertiary/aromatic N) is 3. The van der Waals surface area contributed by atoms with E-state index in [2.05, 4.69) is 17.0 Å². The number of carbonyl (C=O) groups excluding carboxylic acids is 1. The van der Waals surface area contributed by atoms with Crippen molar-refractivity contribution >= 4 is 12.1 Å². The van der Waals surface area contributed by atoms with Crippen LogP contribution in [0.5, 0.6) is 0 Å². The first-order chi connectivity index (χ1) is 9.20. The zero-order valence-electron chi connectivity index (χ0n) is 11.5. The Bertz CT molecular complexity index is 434. The molecule has 0 spiro atoms. The lowest BCUT2D eigenvalue weighted by Crippen LogP contribution is -2.46. The van der Waals surface area contributed by atoms with Crippen LogP contribution in [0, 0.1) is 0 Å². The van der Waals surface area contributed by atoms with Crippen LogP contribution in [-0.4, -0.2) is 39.7 Å². The summed E-state index contributed by atoms with van der Waals surface area (Å²) in [5, 5.41) is 7.37. The molecule has 1 atom stereocenters. The van der Waals surface area contributed by atoms with Crippen molar-refractivity contribution in [1.29, 1.82) is 0 Å². The largest absolute Gasteiger partial charge is 0.341 e. The van der Waals surface area contributed by atoms with Crippen LogP contribution < -0.4 is 5.32 Å². The Morgan fingerprint density at radius 3 is 2.89 bits per heavy atom. The van der Waals surface area contributed by atoms with Crippen LogP contribution in [0.25, 0.3) is 6.20 Å². The predicted molar refractivity (Wildman–Crippen MR) is 75.3 cm³/mol. The maximum Gasteiger partial charge on any atom is 0.239 e. The van der Waals surface area contributed by atoms with Crippen LogP contribution in [0.1, 0.15) is 31.7 Å². The van der Waals surface area contributed by atoms with Gasteiger partial charge in [0.05, 0.1) is 12.2 Å². The molecule has 0 saturated carbocycles. The second kappa shape index (κ2) is 6.52. The van der Waals surface area contributed by atoms with Crippen LogP contribution in [0.3, 0.4) is 0 Å². The molecule has 19 heavy (non-hydrogen) atoms. The fraction of sp³-hybridized carbons (Fsp3) is 0.571. The van der Waals surface area contributed by atoms with Crippen LogP contribution in [-0.2, 0) is 11.3 Å². The lowest BCUT2D eigenvalue weighted by atomic mass is 10.1. The second-order valence-corrected chi connectivity index (χ2v) is 5.00. The van der Waals surface area contributed by atoms with Gasteiger partial charge in [0.1, 0.15) is 0 Å². The molecule has 0 radical (unpaired) electrons. The van der Waals surface area contributed by atoms with E-state index in [0.29, 0.717) is 6.54 Å². The first-order valence-electron chi connectivity index (χ1n) is 6.88. The van der Waals surface area contributed by atoms with Gasteiger partial charge in [0.25, 0.3) is 0 Å². The minimum Gasteiger partial charge on any atom is -0.341 e. The molecule has 1 amide bonds. The number of hydrogen-bond donors (Lipinski definition) is 1. The molecule has 1 unspecified atom stereocenters. The van der Waals surface area contributed by atoms with Gasteiger partial charge in [0, 0.05) is 37.6 Å². The molecule has 1 aromatic heterocycles. The smallest absolute Gasteiger partial charge is 0.239 e. The highest BCUT2D eigenvalue weighted by Gasteiger charge is 2.21. The molecular formula is C14H22N4O. The molecule has 1 fully saturated rings. The number of aromatic nitrogens is 2. The third-order valence-corrected chi connectivity index (χ3v) is 3.49. The molecule has 1 N–H and O–H groups in total. The molecule has 2 rings (SSSR count). The number of carbonyl (C=O) groups is 1. The number of piperidine rings is 1. The maximum atomic E-state index is 12.2. The van der Waals surface area contributed by atoms with Gasteiger partial charge >= 0.3 is 0 Å². The normalized spacial score (nSPS) is 17.2. The highest BCUT2D eigenvalue weighted by atomic mass is 16.2. The van der Waals surface area contributed by atoms with E-state index in [0.717, 1.165) is 31.5 Å². The zero-order chi connectivity index (χ0) is 13.7. The Kier molecular flexibility index (Phi) is 4.74. The van der Waals surface area contributed by atoms with E-state index in [1.807, 2.05) is 18.0 Å². The molecule has 0 aromatic carbocycles. The molecule has 0 aliphatic carbocycles. The number of amides is 1. The molecule has 1 aromatic rings. The van der Waals surface area contributed by atoms with Gasteiger partial charge in [-0.3, -0.25) is 4.79 Å². The fourth-order valence-electron chi connectivity index (χ4n) is 2.31. The summed E-state index contributed by atoms with van der Waals surface area (Å²) in [5.41, 5.74) is 1.05. The maximum absolute atomic E-state index is 12.2. The minimum absolute atomic E-state index is 0.148. The lowest BCUT2D eigenvalue weighted by Gasteiger charge is -2.29. The van der Waals surface area contributed by atoms with E-state index in [1.165, 1.54) is 6.42 Å². The second-order valence-electron chi connectivity index (χ2n) is 5.00. The average Bonchev–Trinajstić information content (AvgIpc) is 2.93. The quantitative estimate of drug-likeness (QED) is 0.874. The average molecular weight is 262 g/mol. The summed E-state index contributed by atoms with van der Waals surface area (Å²) in [7, 11) is 0. The molecule has 1 aliphatic heterocycles. The van der Waals surface area contributed by atoms with Crippen molar-refractivity contribution in [2.75, 3.05) is 13.1 Å². The number of nitrogens with one attached hydrogen (secondary N) is 1. The summed E-state index contributed by atoms with van der Waals surface area (Å²) < 4.78 is 1.66. The Morgan fingerprint density at radius 1 is 1.53 bits per heavy atom. The summed E-state index contributed by atoms with van der Waals surface area (Å²) in [4.78, 5) is 14.2. The first-order valence-corrected chi connectivity index (χ1v) is 6.88. The number of rotatable bonds is 5. The van der Waals surface area contributed by atoms with Crippen molar-refractivity contribution in [2.24, 2.45) is 0 Å². The summed E-state index contributed by atoms with van der Waals surface area (Å²) in [6.45, 7) is 8.03. The van der Waals surface area contributed by atoms with Crippen molar-refractivity contribution in [1.82, 2.24) is 20.0 Å². The molecule has 104 valence electrons. The SMILES string of the molecule is C=Cn1cc(CNC(C)C(=O)N2CCCCC2)cn1. The summed E-state index contributed by atoms with van der Waals surface area (Å²) in [6.07, 6.45) is 8.83. The molecule has 1 aliphatic rings. The van der Waals surface area contributed by atoms with E-state index in [4.69, 9.17) is 0 Å². The van der Waals surface area contributed by atoms with Crippen LogP contribution in [0.2, 0.25) is 0 Å². The third-order valence-electron chi connectivity index (χ3n) is 3.49. The zero-order valence-corrected chi connectivity index (χ0v) is 11.5. The highest BCUT2D eigenvalue weighted by molar-refractivity contribution is 5.81. The van der Waals surface area contributed by atoms with Crippen LogP contribution >= 0.6 is 0 Å². The number of hydrogen-bond acceptors (Lipinski definition) is 3. The van der Waals surface area contributed by atoms with Gasteiger partial charge in [-0.15, -0.1) is 0 Å². The lowest BCUT2D eigenvalue weighted by molar-refractivity contribution is -0.133. The van der Waals surface area contributed by atoms with Gasteiger partial charge in [0.15, 0.2) is 0 Å². The van der Waals surface area contributed by atoms with Crippen molar-refractivity contribution in [2.45, 2.75) is 38.8 Å². The predicted octanol–water partition coefficient (Wildman–Crippen LogP) is 1.47. The van der Waals surface area contributed by atoms with Gasteiger partial charge in [-0.2, -0.15) is 5.10 Å². The number of likely N-dealkylation sites (tertiary alicyclic amines) is 1. The summed E-state index contributed by atoms with van der Waals surface area (Å²) in [6, 6.07) is -0.148. The van der Waals surface area contributed by atoms with Gasteiger partial charge in [-0.1, -0.05) is 6.58 Å². The van der Waals surface area contributed by atoms with Crippen molar-refractivity contribution in [3.8, 4) is 0 Å². The van der Waals surface area contributed by atoms with E-state index < -0.39 is 0 Å². The molecular weight excluding hydrogens is 240 g/mol. The van der Waals surface area contributed by atoms with Crippen molar-refractivity contribution in [3.63, 3.8) is 0 Å². The Hall–Kier alpha value is -1.62. The van der Waals surface area contributed by atoms with E-state index in [1.54, 1.807) is 17.1 Å². The summed E-state index contributed by atoms with van der Waals surface area (Å²) in [5.74, 6) is 0.204. The molecule has 5 heteroatoms. The highest BCUT2D eigenvalue weighted by Crippen LogP contribution is 2.10. The summed E-state index contributed by atoms with van der Waals surface area (Å²) >= 11 is 0. The first kappa shape index (κ1) is 13.8. The van der Waals surface area contributed by atoms with Crippen LogP contribution in [0.4, 0.5) is 0 Å². The monoisotopic (exact) mass is 262 g/mol. The van der Waals surface area contributed by atoms with Crippen molar-refractivity contribution in [3.05, 3.63) is 24.5 Å². The van der Waals surface area contributed by atoms with Gasteiger partial charge in [0.2, 0.25) is 5.91 Å². The van der Waals surface area contributed by atoms with E-state index in [-0.39, 0.29) is 11.9 Å². The Labute approximate surface area is 114 Å². The molecule has 5 nitrogen and oxygen atoms in total. The van der Waals surface area contributed by atoms with E-state index in [9.17, 15) is 4.79 Å². The third kappa shape index (κ3) is 3.67. The van der Waals surface area contributed by atoms with E-state index >= 15 is 0 Å². The Balaban J connectivity index is 1.81. The fourth-order valence-corrected chi connectivity index (χ4v) is 2.31. The van der Waals surface area contributed by atoms with Gasteiger partial charge in [-0.25, -0.2) is 4.68 Å². The Morgan fingerprint density at radius 2 is 2.26 bits per heavy atom. The molecule has 1 saturated heterocycles. The minimum atomic E-state index is -0.148. The standard InChI is InChI=1S/C14H22N4O/c1-3-18-11-13(10-16-18)9-15-12(2)14(19)17-7-5-4-6-8-17/h3,10-12,15H,1,4-9H2,2H3. The van der Waals surface area contributed by atoms with Crippen molar-refractivity contribution < 1.29 is 4.79 Å². The molecule has 2 heterocycles. The van der Waals surface area contributed by atoms with Gasteiger partial charge in [-0.05, 0) is 26.2 Å². The van der Waals surface area contributed by atoms with Crippen LogP contribution in [0.15, 0.2) is 19.0 Å². The molecule has 0 bridgehead atoms.